The van der Waals surface area contributed by atoms with E-state index >= 15 is 0 Å². The molecule has 5 nitrogen and oxygen atoms in total. The molecule has 0 saturated carbocycles. The Kier molecular flexibility index (Phi) is 4.83. The number of amides is 1. The number of nitrogens with zero attached hydrogens (tertiary/aromatic N) is 3. The number of ether oxygens (including phenoxy) is 1. The molecule has 1 amide bonds. The normalized spacial score (nSPS) is 19.1. The molecular formula is C16H25N3O2. The van der Waals surface area contributed by atoms with E-state index in [-0.39, 0.29) is 6.09 Å². The summed E-state index contributed by atoms with van der Waals surface area (Å²) in [6.07, 6.45) is 4.40. The first-order valence-electron chi connectivity index (χ1n) is 7.42. The van der Waals surface area contributed by atoms with Crippen LogP contribution in [0.15, 0.2) is 24.5 Å². The number of likely N-dealkylation sites (tertiary alicyclic amines) is 1. The second kappa shape index (κ2) is 6.43. The van der Waals surface area contributed by atoms with Gasteiger partial charge in [-0.3, -0.25) is 9.88 Å². The van der Waals surface area contributed by atoms with Gasteiger partial charge in [-0.1, -0.05) is 0 Å². The zero-order valence-corrected chi connectivity index (χ0v) is 13.4. The maximum absolute atomic E-state index is 12.1. The molecule has 1 atom stereocenters. The van der Waals surface area contributed by atoms with Crippen LogP contribution in [0.5, 0.6) is 0 Å². The van der Waals surface area contributed by atoms with Gasteiger partial charge in [-0.25, -0.2) is 4.79 Å². The van der Waals surface area contributed by atoms with Crippen molar-refractivity contribution in [3.05, 3.63) is 30.1 Å². The number of carbonyl (C=O) groups excluding carboxylic acids is 1. The monoisotopic (exact) mass is 291 g/mol. The van der Waals surface area contributed by atoms with Crippen LogP contribution < -0.4 is 0 Å². The van der Waals surface area contributed by atoms with Crippen molar-refractivity contribution in [2.75, 3.05) is 20.1 Å². The van der Waals surface area contributed by atoms with E-state index < -0.39 is 5.60 Å². The molecule has 0 aliphatic carbocycles. The fourth-order valence-electron chi connectivity index (χ4n) is 2.50. The van der Waals surface area contributed by atoms with Gasteiger partial charge in [-0.15, -0.1) is 0 Å². The Labute approximate surface area is 126 Å². The minimum atomic E-state index is -0.432. The lowest BCUT2D eigenvalue weighted by Gasteiger charge is -2.26. The van der Waals surface area contributed by atoms with Gasteiger partial charge in [0, 0.05) is 38.1 Å². The minimum Gasteiger partial charge on any atom is -0.444 e. The van der Waals surface area contributed by atoms with Gasteiger partial charge in [-0.05, 0) is 51.9 Å². The number of aromatic nitrogens is 1. The van der Waals surface area contributed by atoms with Crippen molar-refractivity contribution in [1.82, 2.24) is 14.8 Å². The van der Waals surface area contributed by atoms with Gasteiger partial charge in [0.25, 0.3) is 0 Å². The molecule has 0 N–H and O–H groups in total. The number of likely N-dealkylation sites (N-methyl/N-ethyl adjacent to an activating group) is 1. The molecule has 1 aliphatic heterocycles. The molecule has 0 unspecified atom stereocenters. The number of rotatable bonds is 3. The lowest BCUT2D eigenvalue weighted by Crippen LogP contribution is -2.38. The van der Waals surface area contributed by atoms with Crippen molar-refractivity contribution in [3.63, 3.8) is 0 Å². The number of hydrogen-bond acceptors (Lipinski definition) is 4. The fraction of sp³-hybridized carbons (Fsp3) is 0.625. The molecule has 0 aromatic carbocycles. The highest BCUT2D eigenvalue weighted by atomic mass is 16.6. The molecule has 1 aromatic heterocycles. The zero-order chi connectivity index (χ0) is 15.5. The van der Waals surface area contributed by atoms with Crippen LogP contribution in [0.1, 0.15) is 32.8 Å². The number of carbonyl (C=O) groups is 1. The van der Waals surface area contributed by atoms with Gasteiger partial charge in [0.2, 0.25) is 0 Å². The van der Waals surface area contributed by atoms with Gasteiger partial charge in [0.15, 0.2) is 0 Å². The molecule has 1 aliphatic rings. The quantitative estimate of drug-likeness (QED) is 0.858. The van der Waals surface area contributed by atoms with E-state index in [2.05, 4.69) is 16.9 Å². The highest BCUT2D eigenvalue weighted by Crippen LogP contribution is 2.19. The summed E-state index contributed by atoms with van der Waals surface area (Å²) in [6.45, 7) is 8.06. The van der Waals surface area contributed by atoms with E-state index in [4.69, 9.17) is 4.74 Å². The SMILES string of the molecule is CN(Cc1ccncc1)[C@@H]1CCN(C(=O)OC(C)(C)C)C1. The van der Waals surface area contributed by atoms with Gasteiger partial charge in [0.05, 0.1) is 0 Å². The Morgan fingerprint density at radius 3 is 2.71 bits per heavy atom. The third-order valence-corrected chi connectivity index (χ3v) is 3.62. The molecule has 116 valence electrons. The summed E-state index contributed by atoms with van der Waals surface area (Å²) in [6, 6.07) is 4.43. The van der Waals surface area contributed by atoms with Gasteiger partial charge in [0.1, 0.15) is 5.60 Å². The van der Waals surface area contributed by atoms with E-state index in [1.54, 1.807) is 4.90 Å². The largest absolute Gasteiger partial charge is 0.444 e. The van der Waals surface area contributed by atoms with Gasteiger partial charge >= 0.3 is 6.09 Å². The lowest BCUT2D eigenvalue weighted by atomic mass is 10.2. The van der Waals surface area contributed by atoms with Crippen LogP contribution in [0, 0.1) is 0 Å². The average molecular weight is 291 g/mol. The fourth-order valence-corrected chi connectivity index (χ4v) is 2.50. The number of hydrogen-bond donors (Lipinski definition) is 0. The van der Waals surface area contributed by atoms with Crippen molar-refractivity contribution in [1.29, 1.82) is 0 Å². The maximum Gasteiger partial charge on any atom is 0.410 e. The summed E-state index contributed by atoms with van der Waals surface area (Å²) in [5.41, 5.74) is 0.807. The van der Waals surface area contributed by atoms with E-state index in [1.165, 1.54) is 5.56 Å². The van der Waals surface area contributed by atoms with E-state index in [9.17, 15) is 4.79 Å². The first kappa shape index (κ1) is 15.8. The minimum absolute atomic E-state index is 0.206. The summed E-state index contributed by atoms with van der Waals surface area (Å²) in [7, 11) is 2.10. The molecule has 5 heteroatoms. The van der Waals surface area contributed by atoms with E-state index in [0.717, 1.165) is 26.1 Å². The molecule has 1 fully saturated rings. The van der Waals surface area contributed by atoms with Crippen LogP contribution in [0.2, 0.25) is 0 Å². The van der Waals surface area contributed by atoms with Crippen LogP contribution in [0.25, 0.3) is 0 Å². The van der Waals surface area contributed by atoms with E-state index in [0.29, 0.717) is 6.04 Å². The van der Waals surface area contributed by atoms with Gasteiger partial charge < -0.3 is 9.64 Å². The maximum atomic E-state index is 12.1. The summed E-state index contributed by atoms with van der Waals surface area (Å²) >= 11 is 0. The molecule has 2 heterocycles. The summed E-state index contributed by atoms with van der Waals surface area (Å²) in [4.78, 5) is 20.2. The standard InChI is InChI=1S/C16H25N3O2/c1-16(2,3)21-15(20)19-10-7-14(12-19)18(4)11-13-5-8-17-9-6-13/h5-6,8-9,14H,7,10-12H2,1-4H3/t14-/m1/s1. The first-order chi connectivity index (χ1) is 9.85. The molecule has 0 spiro atoms. The van der Waals surface area contributed by atoms with Crippen LogP contribution in [-0.2, 0) is 11.3 Å². The zero-order valence-electron chi connectivity index (χ0n) is 13.4. The van der Waals surface area contributed by atoms with Crippen molar-refractivity contribution >= 4 is 6.09 Å². The third-order valence-electron chi connectivity index (χ3n) is 3.62. The molecule has 1 saturated heterocycles. The highest BCUT2D eigenvalue weighted by Gasteiger charge is 2.31. The summed E-state index contributed by atoms with van der Waals surface area (Å²) < 4.78 is 5.43. The van der Waals surface area contributed by atoms with Crippen LogP contribution in [0.4, 0.5) is 4.79 Å². The smallest absolute Gasteiger partial charge is 0.410 e. The van der Waals surface area contributed by atoms with Gasteiger partial charge in [-0.2, -0.15) is 0 Å². The molecule has 0 bridgehead atoms. The van der Waals surface area contributed by atoms with Crippen molar-refractivity contribution in [3.8, 4) is 0 Å². The van der Waals surface area contributed by atoms with Crippen molar-refractivity contribution in [2.45, 2.75) is 45.4 Å². The third kappa shape index (κ3) is 4.70. The Balaban J connectivity index is 1.86. The Morgan fingerprint density at radius 1 is 1.43 bits per heavy atom. The van der Waals surface area contributed by atoms with Crippen LogP contribution in [0.3, 0.4) is 0 Å². The second-order valence-electron chi connectivity index (χ2n) is 6.64. The lowest BCUT2D eigenvalue weighted by molar-refractivity contribution is 0.0282. The predicted molar refractivity (Wildman–Crippen MR) is 81.9 cm³/mol. The van der Waals surface area contributed by atoms with Crippen LogP contribution in [-0.4, -0.2) is 52.7 Å². The Hall–Kier alpha value is -1.62. The molecule has 2 rings (SSSR count). The molecule has 0 radical (unpaired) electrons. The molecular weight excluding hydrogens is 266 g/mol. The molecule has 21 heavy (non-hydrogen) atoms. The highest BCUT2D eigenvalue weighted by molar-refractivity contribution is 5.68. The van der Waals surface area contributed by atoms with Crippen LogP contribution >= 0.6 is 0 Å². The Morgan fingerprint density at radius 2 is 2.10 bits per heavy atom. The number of pyridine rings is 1. The summed E-state index contributed by atoms with van der Waals surface area (Å²) in [5, 5.41) is 0. The topological polar surface area (TPSA) is 45.7 Å². The average Bonchev–Trinajstić information content (AvgIpc) is 2.87. The predicted octanol–water partition coefficient (Wildman–Crippen LogP) is 2.52. The second-order valence-corrected chi connectivity index (χ2v) is 6.64. The van der Waals surface area contributed by atoms with Crippen molar-refractivity contribution in [2.24, 2.45) is 0 Å². The first-order valence-corrected chi connectivity index (χ1v) is 7.42. The summed E-state index contributed by atoms with van der Waals surface area (Å²) in [5.74, 6) is 0. The van der Waals surface area contributed by atoms with E-state index in [1.807, 2.05) is 45.3 Å². The molecule has 1 aromatic rings. The Bertz CT molecular complexity index is 470. The van der Waals surface area contributed by atoms with Crippen molar-refractivity contribution < 1.29 is 9.53 Å².